The van der Waals surface area contributed by atoms with Gasteiger partial charge in [0.15, 0.2) is 0 Å². The molecule has 4 aliphatic rings. The van der Waals surface area contributed by atoms with Crippen LogP contribution in [0.2, 0.25) is 0 Å². The second-order valence-electron chi connectivity index (χ2n) is 9.56. The van der Waals surface area contributed by atoms with Gasteiger partial charge in [-0.05, 0) is 69.1 Å². The molecule has 4 bridgehead atoms. The van der Waals surface area contributed by atoms with E-state index in [1.807, 2.05) is 0 Å². The van der Waals surface area contributed by atoms with Crippen LogP contribution in [-0.2, 0) is 19.2 Å². The average Bonchev–Trinajstić information content (AvgIpc) is 3.44. The maximum absolute atomic E-state index is 12.7. The minimum Gasteiger partial charge on any atom is -0.550 e. The zero-order valence-corrected chi connectivity index (χ0v) is 16.6. The van der Waals surface area contributed by atoms with E-state index in [-0.39, 0.29) is 48.1 Å². The van der Waals surface area contributed by atoms with E-state index in [4.69, 9.17) is 0 Å². The third-order valence-electron chi connectivity index (χ3n) is 7.95. The van der Waals surface area contributed by atoms with Gasteiger partial charge in [-0.1, -0.05) is 0 Å². The van der Waals surface area contributed by atoms with Gasteiger partial charge >= 0.3 is 0 Å². The molecule has 4 aliphatic carbocycles. The zero-order chi connectivity index (χ0) is 20.9. The molecule has 0 aromatic carbocycles. The van der Waals surface area contributed by atoms with Crippen molar-refractivity contribution in [2.75, 3.05) is 6.54 Å². The number of fused-ring (bicyclic) bond motifs is 4. The second-order valence-corrected chi connectivity index (χ2v) is 9.56. The molecular formula is C21H28N2O6-2. The Morgan fingerprint density at radius 1 is 0.759 bits per heavy atom. The number of carbonyl (C=O) groups is 4. The smallest absolute Gasteiger partial charge is 0.224 e. The highest BCUT2D eigenvalue weighted by Gasteiger charge is 2.52. The number of nitrogens with one attached hydrogen (secondary N) is 2. The lowest BCUT2D eigenvalue weighted by atomic mass is 9.78. The van der Waals surface area contributed by atoms with Crippen molar-refractivity contribution >= 4 is 23.8 Å². The Morgan fingerprint density at radius 2 is 1.17 bits per heavy atom. The van der Waals surface area contributed by atoms with E-state index in [1.54, 1.807) is 6.92 Å². The first-order valence-electron chi connectivity index (χ1n) is 10.8. The van der Waals surface area contributed by atoms with Crippen LogP contribution in [0, 0.1) is 47.3 Å². The predicted molar refractivity (Wildman–Crippen MR) is 96.3 cm³/mol. The van der Waals surface area contributed by atoms with Crippen molar-refractivity contribution in [3.63, 3.8) is 0 Å². The van der Waals surface area contributed by atoms with Crippen LogP contribution in [0.5, 0.6) is 0 Å². The van der Waals surface area contributed by atoms with E-state index in [0.717, 1.165) is 38.5 Å². The molecule has 0 unspecified atom stereocenters. The van der Waals surface area contributed by atoms with Crippen molar-refractivity contribution in [1.29, 1.82) is 0 Å². The monoisotopic (exact) mass is 404 g/mol. The fraction of sp³-hybridized carbons (Fsp3) is 0.810. The molecule has 0 aromatic rings. The standard InChI is InChI=1S/C21H30N2O6/c1-9(23-19(25)15-11-3-5-13(7-11)17(15)21(28)29)8-22-18(24)14-10-2-4-12(6-10)16(14)20(26)27/h9-17H,2-8H2,1H3,(H,22,24)(H,23,25)(H,26,27)(H,28,29)/p-2/t9-,10-,11-,12-,13-,14-,15+,16-,17-/m0/s1. The minimum absolute atomic E-state index is 0.0232. The van der Waals surface area contributed by atoms with E-state index in [0.29, 0.717) is 0 Å². The molecule has 0 spiro atoms. The first-order chi connectivity index (χ1) is 13.8. The van der Waals surface area contributed by atoms with Gasteiger partial charge in [-0.25, -0.2) is 0 Å². The highest BCUT2D eigenvalue weighted by Crippen LogP contribution is 2.53. The fourth-order valence-corrected chi connectivity index (χ4v) is 6.78. The molecular weight excluding hydrogens is 376 g/mol. The number of carbonyl (C=O) groups excluding carboxylic acids is 4. The van der Waals surface area contributed by atoms with Crippen molar-refractivity contribution in [2.24, 2.45) is 47.3 Å². The van der Waals surface area contributed by atoms with Crippen LogP contribution in [0.3, 0.4) is 0 Å². The predicted octanol–water partition coefficient (Wildman–Crippen LogP) is -1.57. The highest BCUT2D eigenvalue weighted by molar-refractivity contribution is 5.87. The van der Waals surface area contributed by atoms with E-state index >= 15 is 0 Å². The van der Waals surface area contributed by atoms with Crippen LogP contribution in [0.15, 0.2) is 0 Å². The molecule has 8 nitrogen and oxygen atoms in total. The van der Waals surface area contributed by atoms with Crippen molar-refractivity contribution in [3.8, 4) is 0 Å². The molecule has 0 aliphatic heterocycles. The first kappa shape index (κ1) is 20.2. The summed E-state index contributed by atoms with van der Waals surface area (Å²) in [6, 6.07) is -0.382. The number of carboxylic acids is 2. The van der Waals surface area contributed by atoms with Crippen LogP contribution in [-0.4, -0.2) is 36.3 Å². The lowest BCUT2D eigenvalue weighted by Crippen LogP contribution is -2.51. The summed E-state index contributed by atoms with van der Waals surface area (Å²) >= 11 is 0. The normalized spacial score (nSPS) is 40.6. The summed E-state index contributed by atoms with van der Waals surface area (Å²) in [7, 11) is 0. The van der Waals surface area contributed by atoms with Crippen LogP contribution >= 0.6 is 0 Å². The number of aliphatic carboxylic acids is 2. The van der Waals surface area contributed by atoms with Crippen LogP contribution in [0.4, 0.5) is 0 Å². The van der Waals surface area contributed by atoms with E-state index < -0.39 is 35.6 Å². The third-order valence-corrected chi connectivity index (χ3v) is 7.95. The van der Waals surface area contributed by atoms with Gasteiger partial charge in [-0.15, -0.1) is 0 Å². The molecule has 9 atom stereocenters. The molecule has 29 heavy (non-hydrogen) atoms. The summed E-state index contributed by atoms with van der Waals surface area (Å²) in [6.45, 7) is 1.92. The van der Waals surface area contributed by atoms with Crippen molar-refractivity contribution in [1.82, 2.24) is 10.6 Å². The van der Waals surface area contributed by atoms with Gasteiger partial charge in [0.2, 0.25) is 11.8 Å². The topological polar surface area (TPSA) is 138 Å². The second kappa shape index (κ2) is 7.61. The lowest BCUT2D eigenvalue weighted by molar-refractivity contribution is -0.315. The Labute approximate surface area is 169 Å². The quantitative estimate of drug-likeness (QED) is 0.526. The molecule has 2 N–H and O–H groups in total. The fourth-order valence-electron chi connectivity index (χ4n) is 6.78. The van der Waals surface area contributed by atoms with Gasteiger partial charge in [-0.3, -0.25) is 9.59 Å². The summed E-state index contributed by atoms with van der Waals surface area (Å²) in [5, 5.41) is 28.6. The summed E-state index contributed by atoms with van der Waals surface area (Å²) in [5.74, 6) is -5.24. The first-order valence-corrected chi connectivity index (χ1v) is 10.8. The largest absolute Gasteiger partial charge is 0.550 e. The maximum atomic E-state index is 12.7. The van der Waals surface area contributed by atoms with Gasteiger partial charge in [0.05, 0.1) is 0 Å². The number of rotatable bonds is 7. The third kappa shape index (κ3) is 3.51. The van der Waals surface area contributed by atoms with E-state index in [9.17, 15) is 29.4 Å². The Bertz CT molecular complexity index is 724. The molecule has 0 radical (unpaired) electrons. The molecule has 4 rings (SSSR count). The van der Waals surface area contributed by atoms with E-state index in [2.05, 4.69) is 10.6 Å². The van der Waals surface area contributed by atoms with Gasteiger partial charge < -0.3 is 30.4 Å². The summed E-state index contributed by atoms with van der Waals surface area (Å²) in [6.07, 6.45) is 4.93. The molecule has 4 saturated carbocycles. The molecule has 2 amide bonds. The SMILES string of the molecule is C[C@@H](CNC(=O)[C@H]1[C@H]2CC[C@@H](C2)[C@@H]1C(=O)[O-])NC(=O)[C@@H]1[C@H]2CC[C@@H](C2)[C@@H]1C(=O)[O-]. The van der Waals surface area contributed by atoms with Crippen molar-refractivity contribution < 1.29 is 29.4 Å². The summed E-state index contributed by atoms with van der Waals surface area (Å²) in [5.41, 5.74) is 0. The number of carboxylic acid groups (broad SMARTS) is 2. The molecule has 0 aromatic heterocycles. The number of amides is 2. The zero-order valence-electron chi connectivity index (χ0n) is 16.6. The molecule has 0 heterocycles. The number of hydrogen-bond donors (Lipinski definition) is 2. The van der Waals surface area contributed by atoms with Crippen molar-refractivity contribution in [2.45, 2.75) is 51.5 Å². The Hall–Kier alpha value is -2.12. The number of hydrogen-bond acceptors (Lipinski definition) is 6. The summed E-state index contributed by atoms with van der Waals surface area (Å²) in [4.78, 5) is 48.3. The molecule has 0 saturated heterocycles. The molecule has 4 fully saturated rings. The Balaban J connectivity index is 1.30. The minimum atomic E-state index is -1.15. The van der Waals surface area contributed by atoms with Gasteiger partial charge in [0, 0.05) is 48.2 Å². The Kier molecular flexibility index (Phi) is 5.29. The lowest BCUT2D eigenvalue weighted by Gasteiger charge is -2.32. The van der Waals surface area contributed by atoms with Crippen LogP contribution in [0.25, 0.3) is 0 Å². The Morgan fingerprint density at radius 3 is 1.62 bits per heavy atom. The van der Waals surface area contributed by atoms with Crippen molar-refractivity contribution in [3.05, 3.63) is 0 Å². The van der Waals surface area contributed by atoms with Crippen LogP contribution < -0.4 is 20.8 Å². The van der Waals surface area contributed by atoms with E-state index in [1.165, 1.54) is 0 Å². The average molecular weight is 404 g/mol. The maximum Gasteiger partial charge on any atom is 0.224 e. The van der Waals surface area contributed by atoms with Gasteiger partial charge in [0.25, 0.3) is 0 Å². The highest BCUT2D eigenvalue weighted by atomic mass is 16.4. The molecule has 160 valence electrons. The van der Waals surface area contributed by atoms with Crippen LogP contribution in [0.1, 0.15) is 45.4 Å². The van der Waals surface area contributed by atoms with Gasteiger partial charge in [-0.2, -0.15) is 0 Å². The molecule has 8 heteroatoms. The summed E-state index contributed by atoms with van der Waals surface area (Å²) < 4.78 is 0. The van der Waals surface area contributed by atoms with Gasteiger partial charge in [0.1, 0.15) is 0 Å².